The number of hydrogen-bond acceptors (Lipinski definition) is 6. The van der Waals surface area contributed by atoms with Crippen molar-refractivity contribution in [1.82, 2.24) is 4.98 Å². The minimum absolute atomic E-state index is 0.0672. The van der Waals surface area contributed by atoms with Crippen LogP contribution in [0, 0.1) is 0 Å². The Morgan fingerprint density at radius 3 is 2.81 bits per heavy atom. The van der Waals surface area contributed by atoms with Crippen molar-refractivity contribution in [2.24, 2.45) is 0 Å². The van der Waals surface area contributed by atoms with Crippen LogP contribution < -0.4 is 19.7 Å². The van der Waals surface area contributed by atoms with Gasteiger partial charge in [-0.15, -0.1) is 0 Å². The monoisotopic (exact) mass is 419 g/mol. The Labute approximate surface area is 181 Å². The number of ether oxygens (including phenoxy) is 2. The fourth-order valence-corrected chi connectivity index (χ4v) is 3.69. The van der Waals surface area contributed by atoms with Crippen molar-refractivity contribution in [2.45, 2.75) is 19.5 Å². The number of nitrogens with one attached hydrogen (secondary N) is 1. The van der Waals surface area contributed by atoms with Gasteiger partial charge >= 0.3 is 5.97 Å². The Balaban J connectivity index is 1.59. The minimum Gasteiger partial charge on any atom is -0.497 e. The number of aromatic nitrogens is 1. The molecule has 1 atom stereocenters. The van der Waals surface area contributed by atoms with Crippen LogP contribution in [0.1, 0.15) is 34.5 Å². The zero-order chi connectivity index (χ0) is 21.8. The van der Waals surface area contributed by atoms with Gasteiger partial charge in [-0.3, -0.25) is 0 Å². The van der Waals surface area contributed by atoms with Crippen molar-refractivity contribution in [3.05, 3.63) is 77.5 Å². The molecule has 2 N–H and O–H groups in total. The van der Waals surface area contributed by atoms with Gasteiger partial charge in [-0.05, 0) is 42.3 Å². The number of nitrogens with zero attached hydrogens (tertiary/aromatic N) is 2. The molecule has 0 radical (unpaired) electrons. The highest BCUT2D eigenvalue weighted by atomic mass is 16.5. The molecule has 3 aromatic rings. The first kappa shape index (κ1) is 20.5. The van der Waals surface area contributed by atoms with Gasteiger partial charge in [0, 0.05) is 18.8 Å². The quantitative estimate of drug-likeness (QED) is 0.589. The molecule has 7 heteroatoms. The number of carboxylic acids is 1. The van der Waals surface area contributed by atoms with Crippen molar-refractivity contribution < 1.29 is 19.4 Å². The third-order valence-electron chi connectivity index (χ3n) is 5.34. The average molecular weight is 419 g/mol. The second kappa shape index (κ2) is 8.95. The molecule has 1 unspecified atom stereocenters. The normalized spacial score (nSPS) is 13.7. The van der Waals surface area contributed by atoms with Gasteiger partial charge in [-0.25, -0.2) is 9.78 Å². The van der Waals surface area contributed by atoms with Crippen LogP contribution in [0.25, 0.3) is 0 Å². The van der Waals surface area contributed by atoms with Gasteiger partial charge in [0.1, 0.15) is 23.8 Å². The van der Waals surface area contributed by atoms with Crippen molar-refractivity contribution in [3.8, 4) is 11.5 Å². The molecule has 1 aromatic heterocycles. The van der Waals surface area contributed by atoms with Gasteiger partial charge in [0.25, 0.3) is 0 Å². The summed E-state index contributed by atoms with van der Waals surface area (Å²) in [5.74, 6) is 1.42. The summed E-state index contributed by atoms with van der Waals surface area (Å²) < 4.78 is 11.3. The van der Waals surface area contributed by atoms with E-state index in [9.17, 15) is 4.79 Å². The smallest absolute Gasteiger partial charge is 0.335 e. The van der Waals surface area contributed by atoms with E-state index in [4.69, 9.17) is 14.6 Å². The van der Waals surface area contributed by atoms with Crippen LogP contribution in [0.5, 0.6) is 11.5 Å². The van der Waals surface area contributed by atoms with E-state index >= 15 is 0 Å². The predicted octanol–water partition coefficient (Wildman–Crippen LogP) is 4.36. The van der Waals surface area contributed by atoms with E-state index in [1.54, 1.807) is 25.4 Å². The van der Waals surface area contributed by atoms with Crippen LogP contribution in [0.3, 0.4) is 0 Å². The first-order chi connectivity index (χ1) is 15.0. The third-order valence-corrected chi connectivity index (χ3v) is 5.34. The highest BCUT2D eigenvalue weighted by Crippen LogP contribution is 2.39. The Bertz CT molecular complexity index is 1070. The number of carbonyl (C=O) groups is 1. The molecule has 1 aliphatic rings. The van der Waals surface area contributed by atoms with Crippen LogP contribution in [0.15, 0.2) is 60.8 Å². The number of methoxy groups -OCH3 is 1. The van der Waals surface area contributed by atoms with E-state index in [1.165, 1.54) is 0 Å². The predicted molar refractivity (Wildman–Crippen MR) is 119 cm³/mol. The lowest BCUT2D eigenvalue weighted by atomic mass is 10.1. The first-order valence-electron chi connectivity index (χ1n) is 10.1. The van der Waals surface area contributed by atoms with E-state index in [1.807, 2.05) is 43.3 Å². The molecule has 0 saturated carbocycles. The fraction of sp³-hybridized carbons (Fsp3) is 0.250. The van der Waals surface area contributed by atoms with E-state index in [0.717, 1.165) is 40.7 Å². The average Bonchev–Trinajstić information content (AvgIpc) is 2.79. The maximum atomic E-state index is 11.1. The molecule has 1 aliphatic heterocycles. The number of rotatable bonds is 7. The highest BCUT2D eigenvalue weighted by Gasteiger charge is 2.24. The van der Waals surface area contributed by atoms with Gasteiger partial charge in [-0.2, -0.15) is 0 Å². The third kappa shape index (κ3) is 4.55. The molecule has 4 rings (SSSR count). The Morgan fingerprint density at radius 2 is 2.06 bits per heavy atom. The molecule has 0 bridgehead atoms. The summed E-state index contributed by atoms with van der Waals surface area (Å²) in [4.78, 5) is 17.9. The molecule has 31 heavy (non-hydrogen) atoms. The zero-order valence-electron chi connectivity index (χ0n) is 17.5. The number of carboxylic acid groups (broad SMARTS) is 1. The lowest BCUT2D eigenvalue weighted by Gasteiger charge is -2.33. The minimum atomic E-state index is -0.934. The SMILES string of the molecule is COc1cccc(CN2CCOc3ccnc(NC(C)c4ccc(C(=O)O)cc4)c32)c1. The summed E-state index contributed by atoms with van der Waals surface area (Å²) in [6, 6.07) is 16.7. The fourth-order valence-electron chi connectivity index (χ4n) is 3.69. The molecule has 0 aliphatic carbocycles. The number of benzene rings is 2. The molecular formula is C24H25N3O4. The van der Waals surface area contributed by atoms with E-state index in [0.29, 0.717) is 13.2 Å². The molecule has 2 aromatic carbocycles. The van der Waals surface area contributed by atoms with Gasteiger partial charge in [0.15, 0.2) is 5.82 Å². The number of fused-ring (bicyclic) bond motifs is 1. The largest absolute Gasteiger partial charge is 0.497 e. The molecule has 0 fully saturated rings. The second-order valence-corrected chi connectivity index (χ2v) is 7.42. The molecular weight excluding hydrogens is 394 g/mol. The summed E-state index contributed by atoms with van der Waals surface area (Å²) in [6.07, 6.45) is 1.73. The van der Waals surface area contributed by atoms with Crippen LogP contribution in [0.4, 0.5) is 11.5 Å². The second-order valence-electron chi connectivity index (χ2n) is 7.42. The highest BCUT2D eigenvalue weighted by molar-refractivity contribution is 5.87. The van der Waals surface area contributed by atoms with Crippen LogP contribution >= 0.6 is 0 Å². The van der Waals surface area contributed by atoms with Crippen molar-refractivity contribution in [2.75, 3.05) is 30.5 Å². The van der Waals surface area contributed by atoms with Crippen molar-refractivity contribution in [1.29, 1.82) is 0 Å². The van der Waals surface area contributed by atoms with E-state index in [2.05, 4.69) is 21.3 Å². The standard InChI is InChI=1S/C24H25N3O4/c1-16(18-6-8-19(9-7-18)24(28)29)26-23-22-21(10-11-25-23)31-13-12-27(22)15-17-4-3-5-20(14-17)30-2/h3-11,14,16H,12-13,15H2,1-2H3,(H,25,26)(H,28,29). The van der Waals surface area contributed by atoms with Gasteiger partial charge < -0.3 is 24.8 Å². The maximum absolute atomic E-state index is 11.1. The molecule has 0 spiro atoms. The van der Waals surface area contributed by atoms with Gasteiger partial charge in [0.05, 0.1) is 25.3 Å². The number of pyridine rings is 1. The van der Waals surface area contributed by atoms with E-state index < -0.39 is 5.97 Å². The maximum Gasteiger partial charge on any atom is 0.335 e. The summed E-state index contributed by atoms with van der Waals surface area (Å²) in [5, 5.41) is 12.6. The van der Waals surface area contributed by atoms with Crippen LogP contribution in [-0.2, 0) is 6.54 Å². The molecule has 7 nitrogen and oxygen atoms in total. The first-order valence-corrected chi connectivity index (χ1v) is 10.1. The lowest BCUT2D eigenvalue weighted by molar-refractivity contribution is 0.0697. The summed E-state index contributed by atoms with van der Waals surface area (Å²) in [5.41, 5.74) is 3.30. The summed E-state index contributed by atoms with van der Waals surface area (Å²) in [6.45, 7) is 4.07. The van der Waals surface area contributed by atoms with Crippen LogP contribution in [0.2, 0.25) is 0 Å². The summed E-state index contributed by atoms with van der Waals surface area (Å²) in [7, 11) is 1.67. The molecule has 2 heterocycles. The van der Waals surface area contributed by atoms with Crippen molar-refractivity contribution >= 4 is 17.5 Å². The van der Waals surface area contributed by atoms with Crippen molar-refractivity contribution in [3.63, 3.8) is 0 Å². The summed E-state index contributed by atoms with van der Waals surface area (Å²) >= 11 is 0. The van der Waals surface area contributed by atoms with Gasteiger partial charge in [-0.1, -0.05) is 24.3 Å². The Morgan fingerprint density at radius 1 is 1.26 bits per heavy atom. The number of hydrogen-bond donors (Lipinski definition) is 2. The Kier molecular flexibility index (Phi) is 5.93. The van der Waals surface area contributed by atoms with Gasteiger partial charge in [0.2, 0.25) is 0 Å². The zero-order valence-corrected chi connectivity index (χ0v) is 17.5. The topological polar surface area (TPSA) is 83.9 Å². The molecule has 0 saturated heterocycles. The van der Waals surface area contributed by atoms with E-state index in [-0.39, 0.29) is 11.6 Å². The number of anilines is 2. The lowest BCUT2D eigenvalue weighted by Crippen LogP contribution is -2.33. The van der Waals surface area contributed by atoms with Crippen LogP contribution in [-0.4, -0.2) is 36.3 Å². The Hall–Kier alpha value is -3.74. The number of aromatic carboxylic acids is 1. The molecule has 0 amide bonds. The molecule has 160 valence electrons.